The van der Waals surface area contributed by atoms with Crippen LogP contribution in [0.15, 0.2) is 39.6 Å². The summed E-state index contributed by atoms with van der Waals surface area (Å²) in [6, 6.07) is 9.00. The van der Waals surface area contributed by atoms with E-state index in [1.54, 1.807) is 17.7 Å². The third-order valence-electron chi connectivity index (χ3n) is 4.06. The van der Waals surface area contributed by atoms with E-state index in [2.05, 4.69) is 21.2 Å². The first-order valence-electron chi connectivity index (χ1n) is 8.29. The highest BCUT2D eigenvalue weighted by Gasteiger charge is 2.07. The molecule has 0 aliphatic carbocycles. The molecule has 0 aliphatic rings. The maximum absolute atomic E-state index is 12.0. The Balaban J connectivity index is 1.82. The molecule has 1 N–H and O–H groups in total. The summed E-state index contributed by atoms with van der Waals surface area (Å²) >= 11 is 3.44. The van der Waals surface area contributed by atoms with Crippen LogP contribution in [0.2, 0.25) is 0 Å². The van der Waals surface area contributed by atoms with Crippen molar-refractivity contribution in [2.24, 2.45) is 0 Å². The molecule has 26 heavy (non-hydrogen) atoms. The number of ether oxygens (including phenoxy) is 2. The summed E-state index contributed by atoms with van der Waals surface area (Å²) in [5.74, 6) is 1.26. The third-order valence-corrected chi connectivity index (χ3v) is 4.68. The second kappa shape index (κ2) is 9.43. The number of aryl methyl sites for hydroxylation is 2. The Kier molecular flexibility index (Phi) is 7.26. The SMILES string of the molecule is COc1cc(C)n(CCNC(=O)CCc2ccc(OC)c(Br)c2)c(=O)c1. The summed E-state index contributed by atoms with van der Waals surface area (Å²) in [6.45, 7) is 2.67. The highest BCUT2D eigenvalue weighted by Crippen LogP contribution is 2.25. The largest absolute Gasteiger partial charge is 0.496 e. The van der Waals surface area contributed by atoms with E-state index in [-0.39, 0.29) is 11.5 Å². The monoisotopic (exact) mass is 422 g/mol. The lowest BCUT2D eigenvalue weighted by atomic mass is 10.1. The highest BCUT2D eigenvalue weighted by atomic mass is 79.9. The molecule has 0 spiro atoms. The van der Waals surface area contributed by atoms with E-state index < -0.39 is 0 Å². The van der Waals surface area contributed by atoms with Crippen molar-refractivity contribution in [1.29, 1.82) is 0 Å². The molecule has 0 radical (unpaired) electrons. The predicted molar refractivity (Wildman–Crippen MR) is 104 cm³/mol. The number of hydrogen-bond acceptors (Lipinski definition) is 4. The molecule has 6 nitrogen and oxygen atoms in total. The third kappa shape index (κ3) is 5.36. The van der Waals surface area contributed by atoms with Crippen molar-refractivity contribution in [3.63, 3.8) is 0 Å². The number of carbonyl (C=O) groups excluding carboxylic acids is 1. The second-order valence-corrected chi connectivity index (χ2v) is 6.70. The van der Waals surface area contributed by atoms with Gasteiger partial charge in [-0.1, -0.05) is 6.07 Å². The number of rotatable bonds is 8. The number of aromatic nitrogens is 1. The number of amides is 1. The van der Waals surface area contributed by atoms with Crippen molar-refractivity contribution in [2.45, 2.75) is 26.3 Å². The fourth-order valence-electron chi connectivity index (χ4n) is 2.62. The fourth-order valence-corrected chi connectivity index (χ4v) is 3.21. The summed E-state index contributed by atoms with van der Waals surface area (Å²) in [5.41, 5.74) is 1.71. The average Bonchev–Trinajstić information content (AvgIpc) is 2.62. The van der Waals surface area contributed by atoms with Gasteiger partial charge in [0.05, 0.1) is 18.7 Å². The Morgan fingerprint density at radius 2 is 1.96 bits per heavy atom. The van der Waals surface area contributed by atoms with Crippen molar-refractivity contribution < 1.29 is 14.3 Å². The molecular weight excluding hydrogens is 400 g/mol. The quantitative estimate of drug-likeness (QED) is 0.709. The van der Waals surface area contributed by atoms with Crippen LogP contribution in [0.1, 0.15) is 17.7 Å². The number of pyridine rings is 1. The zero-order valence-corrected chi connectivity index (χ0v) is 16.8. The lowest BCUT2D eigenvalue weighted by Gasteiger charge is -2.12. The molecule has 1 aromatic heterocycles. The van der Waals surface area contributed by atoms with Crippen molar-refractivity contribution in [3.05, 3.63) is 56.4 Å². The van der Waals surface area contributed by atoms with Crippen molar-refractivity contribution >= 4 is 21.8 Å². The Bertz CT molecular complexity index is 833. The van der Waals surface area contributed by atoms with Crippen molar-refractivity contribution in [2.75, 3.05) is 20.8 Å². The number of halogens is 1. The normalized spacial score (nSPS) is 10.5. The van der Waals surface area contributed by atoms with Gasteiger partial charge in [0, 0.05) is 31.3 Å². The topological polar surface area (TPSA) is 69.6 Å². The van der Waals surface area contributed by atoms with Gasteiger partial charge in [-0.3, -0.25) is 9.59 Å². The van der Waals surface area contributed by atoms with Crippen molar-refractivity contribution in [3.8, 4) is 11.5 Å². The molecule has 1 amide bonds. The number of benzene rings is 1. The molecule has 7 heteroatoms. The maximum Gasteiger partial charge on any atom is 0.254 e. The minimum absolute atomic E-state index is 0.0452. The molecular formula is C19H23BrN2O4. The van der Waals surface area contributed by atoms with Gasteiger partial charge in [-0.25, -0.2) is 0 Å². The minimum Gasteiger partial charge on any atom is -0.496 e. The molecule has 2 rings (SSSR count). The van der Waals surface area contributed by atoms with Crippen LogP contribution in [0.4, 0.5) is 0 Å². The lowest BCUT2D eigenvalue weighted by Crippen LogP contribution is -2.31. The molecule has 0 aliphatic heterocycles. The molecule has 0 atom stereocenters. The van der Waals surface area contributed by atoms with E-state index in [1.807, 2.05) is 25.1 Å². The number of nitrogens with one attached hydrogen (secondary N) is 1. The molecule has 0 bridgehead atoms. The van der Waals surface area contributed by atoms with Crippen LogP contribution in [-0.4, -0.2) is 31.2 Å². The first-order valence-corrected chi connectivity index (χ1v) is 9.08. The fraction of sp³-hybridized carbons (Fsp3) is 0.368. The van der Waals surface area contributed by atoms with Gasteiger partial charge >= 0.3 is 0 Å². The van der Waals surface area contributed by atoms with Gasteiger partial charge in [-0.05, 0) is 53.0 Å². The minimum atomic E-state index is -0.140. The first kappa shape index (κ1) is 20.0. The van der Waals surface area contributed by atoms with Gasteiger partial charge in [0.15, 0.2) is 0 Å². The zero-order valence-electron chi connectivity index (χ0n) is 15.2. The standard InChI is InChI=1S/C19H23BrN2O4/c1-13-10-15(25-2)12-19(24)22(13)9-8-21-18(23)7-5-14-4-6-17(26-3)16(20)11-14/h4,6,10-12H,5,7-9H2,1-3H3,(H,21,23). The second-order valence-electron chi connectivity index (χ2n) is 5.85. The molecule has 2 aromatic rings. The van der Waals surface area contributed by atoms with E-state index in [9.17, 15) is 9.59 Å². The van der Waals surface area contributed by atoms with E-state index in [4.69, 9.17) is 9.47 Å². The summed E-state index contributed by atoms with van der Waals surface area (Å²) in [4.78, 5) is 24.1. The van der Waals surface area contributed by atoms with Crippen LogP contribution in [-0.2, 0) is 17.8 Å². The average molecular weight is 423 g/mol. The number of carbonyl (C=O) groups is 1. The Labute approximate surface area is 161 Å². The van der Waals surface area contributed by atoms with Crippen LogP contribution in [0.5, 0.6) is 11.5 Å². The zero-order chi connectivity index (χ0) is 19.1. The molecule has 0 saturated heterocycles. The van der Waals surface area contributed by atoms with Gasteiger partial charge in [0.1, 0.15) is 11.5 Å². The van der Waals surface area contributed by atoms with E-state index >= 15 is 0 Å². The molecule has 1 heterocycles. The van der Waals surface area contributed by atoms with Gasteiger partial charge < -0.3 is 19.4 Å². The molecule has 0 fully saturated rings. The first-order chi connectivity index (χ1) is 12.4. The highest BCUT2D eigenvalue weighted by molar-refractivity contribution is 9.10. The van der Waals surface area contributed by atoms with E-state index in [1.165, 1.54) is 13.2 Å². The maximum atomic E-state index is 12.0. The summed E-state index contributed by atoms with van der Waals surface area (Å²) in [5, 5.41) is 2.86. The molecule has 0 unspecified atom stereocenters. The Morgan fingerprint density at radius 1 is 1.19 bits per heavy atom. The van der Waals surface area contributed by atoms with Gasteiger partial charge in [0.2, 0.25) is 5.91 Å². The molecule has 140 valence electrons. The molecule has 1 aromatic carbocycles. The summed E-state index contributed by atoms with van der Waals surface area (Å²) in [7, 11) is 3.14. The number of hydrogen-bond donors (Lipinski definition) is 1. The number of nitrogens with zero attached hydrogens (tertiary/aromatic N) is 1. The van der Waals surface area contributed by atoms with E-state index in [0.717, 1.165) is 21.5 Å². The Hall–Kier alpha value is -2.28. The van der Waals surface area contributed by atoms with E-state index in [0.29, 0.717) is 31.7 Å². The van der Waals surface area contributed by atoms with Gasteiger partial charge in [-0.2, -0.15) is 0 Å². The van der Waals surface area contributed by atoms with Crippen LogP contribution >= 0.6 is 15.9 Å². The molecule has 0 saturated carbocycles. The van der Waals surface area contributed by atoms with Crippen molar-refractivity contribution in [1.82, 2.24) is 9.88 Å². The smallest absolute Gasteiger partial charge is 0.254 e. The lowest BCUT2D eigenvalue weighted by molar-refractivity contribution is -0.121. The number of methoxy groups -OCH3 is 2. The summed E-state index contributed by atoms with van der Waals surface area (Å²) < 4.78 is 12.8. The van der Waals surface area contributed by atoms with Gasteiger partial charge in [-0.15, -0.1) is 0 Å². The summed E-state index contributed by atoms with van der Waals surface area (Å²) in [6.07, 6.45) is 1.02. The predicted octanol–water partition coefficient (Wildman–Crippen LogP) is 2.69. The van der Waals surface area contributed by atoms with Crippen LogP contribution < -0.4 is 20.3 Å². The van der Waals surface area contributed by atoms with Crippen LogP contribution in [0.3, 0.4) is 0 Å². The van der Waals surface area contributed by atoms with Gasteiger partial charge in [0.25, 0.3) is 5.56 Å². The Morgan fingerprint density at radius 3 is 2.58 bits per heavy atom. The van der Waals surface area contributed by atoms with Crippen LogP contribution in [0, 0.1) is 6.92 Å². The van der Waals surface area contributed by atoms with Crippen LogP contribution in [0.25, 0.3) is 0 Å².